The zero-order valence-corrected chi connectivity index (χ0v) is 15.5. The minimum atomic E-state index is -1.40. The maximum atomic E-state index is 12.0. The lowest BCUT2D eigenvalue weighted by Crippen LogP contribution is -2.46. The van der Waals surface area contributed by atoms with Gasteiger partial charge in [-0.15, -0.1) is 0 Å². The monoisotopic (exact) mass is 402 g/mol. The molecule has 0 saturated carbocycles. The molecule has 1 fully saturated rings. The molecule has 0 unspecified atom stereocenters. The van der Waals surface area contributed by atoms with Crippen LogP contribution in [0.2, 0.25) is 0 Å². The van der Waals surface area contributed by atoms with Crippen LogP contribution in [-0.2, 0) is 18.9 Å². The van der Waals surface area contributed by atoms with E-state index in [0.29, 0.717) is 11.1 Å². The average molecular weight is 402 g/mol. The van der Waals surface area contributed by atoms with Crippen LogP contribution in [-0.4, -0.2) is 66.6 Å². The van der Waals surface area contributed by atoms with E-state index in [-0.39, 0.29) is 20.0 Å². The number of hydrogen-bond donors (Lipinski definition) is 2. The van der Waals surface area contributed by atoms with Crippen molar-refractivity contribution in [1.29, 1.82) is 0 Å². The Balaban J connectivity index is 1.52. The number of esters is 2. The maximum Gasteiger partial charge on any atom is 0.338 e. The number of carbonyl (C=O) groups is 2. The van der Waals surface area contributed by atoms with Crippen LogP contribution in [0.25, 0.3) is 0 Å². The van der Waals surface area contributed by atoms with Crippen molar-refractivity contribution in [3.05, 3.63) is 71.8 Å². The summed E-state index contributed by atoms with van der Waals surface area (Å²) in [5.74, 6) is -1.15. The quantitative estimate of drug-likeness (QED) is 0.693. The highest BCUT2D eigenvalue weighted by Gasteiger charge is 2.38. The van der Waals surface area contributed by atoms with Gasteiger partial charge in [0.15, 0.2) is 0 Å². The van der Waals surface area contributed by atoms with Crippen molar-refractivity contribution in [2.24, 2.45) is 0 Å². The van der Waals surface area contributed by atoms with E-state index in [9.17, 15) is 19.8 Å². The third kappa shape index (κ3) is 5.61. The molecule has 8 nitrogen and oxygen atoms in total. The maximum absolute atomic E-state index is 12.0. The number of aliphatic hydroxyl groups excluding tert-OH is 2. The molecule has 1 aliphatic heterocycles. The van der Waals surface area contributed by atoms with Crippen LogP contribution in [0.3, 0.4) is 0 Å². The van der Waals surface area contributed by atoms with Crippen LogP contribution in [0.15, 0.2) is 60.7 Å². The van der Waals surface area contributed by atoms with E-state index in [4.69, 9.17) is 18.9 Å². The van der Waals surface area contributed by atoms with Crippen molar-refractivity contribution < 1.29 is 38.7 Å². The molecular formula is C21H22O8. The summed E-state index contributed by atoms with van der Waals surface area (Å²) in [6, 6.07) is 16.7. The van der Waals surface area contributed by atoms with Crippen LogP contribution in [0.5, 0.6) is 0 Å². The van der Waals surface area contributed by atoms with Gasteiger partial charge in [-0.05, 0) is 24.3 Å². The van der Waals surface area contributed by atoms with Gasteiger partial charge in [-0.1, -0.05) is 36.4 Å². The summed E-state index contributed by atoms with van der Waals surface area (Å²) in [4.78, 5) is 24.1. The zero-order valence-electron chi connectivity index (χ0n) is 15.5. The second kappa shape index (κ2) is 10.1. The van der Waals surface area contributed by atoms with Crippen LogP contribution in [0, 0.1) is 0 Å². The Hall–Kier alpha value is -2.78. The van der Waals surface area contributed by atoms with Gasteiger partial charge in [0.2, 0.25) is 0 Å². The summed E-state index contributed by atoms with van der Waals surface area (Å²) in [7, 11) is 0. The standard InChI is InChI=1S/C21H22O8/c22-18-16(11-26-20(24)14-7-3-1-4-8-14)28-13-29-17(19(18)23)12-27-21(25)15-9-5-2-6-10-15/h1-10,16-19,22-23H,11-13H2/t16-,17-,18+,19+/m0/s1. The molecule has 0 radical (unpaired) electrons. The normalized spacial score (nSPS) is 24.3. The fourth-order valence-electron chi connectivity index (χ4n) is 2.78. The van der Waals surface area contributed by atoms with Crippen molar-refractivity contribution in [3.8, 4) is 0 Å². The number of ether oxygens (including phenoxy) is 4. The Kier molecular flexibility index (Phi) is 7.31. The van der Waals surface area contributed by atoms with E-state index in [0.717, 1.165) is 0 Å². The molecule has 29 heavy (non-hydrogen) atoms. The Morgan fingerprint density at radius 1 is 0.759 bits per heavy atom. The summed E-state index contributed by atoms with van der Waals surface area (Å²) in [6.07, 6.45) is -4.79. The summed E-state index contributed by atoms with van der Waals surface area (Å²) < 4.78 is 21.0. The Morgan fingerprint density at radius 2 is 1.14 bits per heavy atom. The van der Waals surface area contributed by atoms with Crippen LogP contribution in [0.4, 0.5) is 0 Å². The zero-order chi connectivity index (χ0) is 20.6. The van der Waals surface area contributed by atoms with Gasteiger partial charge < -0.3 is 29.2 Å². The van der Waals surface area contributed by atoms with Gasteiger partial charge >= 0.3 is 11.9 Å². The third-order valence-electron chi connectivity index (χ3n) is 4.45. The number of benzene rings is 2. The lowest BCUT2D eigenvalue weighted by atomic mass is 10.0. The Bertz CT molecular complexity index is 727. The van der Waals surface area contributed by atoms with Crippen LogP contribution < -0.4 is 0 Å². The molecule has 0 bridgehead atoms. The highest BCUT2D eigenvalue weighted by atomic mass is 16.7. The second-order valence-electron chi connectivity index (χ2n) is 6.44. The molecular weight excluding hydrogens is 380 g/mol. The van der Waals surface area contributed by atoms with Crippen LogP contribution >= 0.6 is 0 Å². The molecule has 0 aromatic heterocycles. The largest absolute Gasteiger partial charge is 0.459 e. The predicted octanol–water partition coefficient (Wildman–Crippen LogP) is 1.16. The molecule has 2 aromatic rings. The highest BCUT2D eigenvalue weighted by Crippen LogP contribution is 2.17. The van der Waals surface area contributed by atoms with Gasteiger partial charge in [-0.2, -0.15) is 0 Å². The number of rotatable bonds is 6. The van der Waals surface area contributed by atoms with Crippen molar-refractivity contribution in [2.75, 3.05) is 20.0 Å². The molecule has 0 amide bonds. The molecule has 1 aliphatic rings. The Labute approximate surface area is 167 Å². The highest BCUT2D eigenvalue weighted by molar-refractivity contribution is 5.89. The van der Waals surface area contributed by atoms with Crippen molar-refractivity contribution >= 4 is 11.9 Å². The minimum absolute atomic E-state index is 0.269. The summed E-state index contributed by atoms with van der Waals surface area (Å²) in [5, 5.41) is 20.7. The topological polar surface area (TPSA) is 112 Å². The summed E-state index contributed by atoms with van der Waals surface area (Å²) >= 11 is 0. The van der Waals surface area contributed by atoms with Gasteiger partial charge in [0.25, 0.3) is 0 Å². The SMILES string of the molecule is O=C(OC[C@@H]1OCO[C@@H](COC(=O)c2ccccc2)[C@@H](O)[C@@H]1O)c1ccccc1. The third-order valence-corrected chi connectivity index (χ3v) is 4.45. The van der Waals surface area contributed by atoms with Crippen molar-refractivity contribution in [3.63, 3.8) is 0 Å². The van der Waals surface area contributed by atoms with Gasteiger partial charge in [0.1, 0.15) is 44.4 Å². The second-order valence-corrected chi connectivity index (χ2v) is 6.44. The van der Waals surface area contributed by atoms with Gasteiger partial charge in [-0.25, -0.2) is 9.59 Å². The molecule has 2 N–H and O–H groups in total. The number of carbonyl (C=O) groups excluding carboxylic acids is 2. The van der Waals surface area contributed by atoms with E-state index in [1.165, 1.54) is 0 Å². The van der Waals surface area contributed by atoms with E-state index in [1.807, 2.05) is 0 Å². The molecule has 1 heterocycles. The van der Waals surface area contributed by atoms with E-state index in [1.54, 1.807) is 60.7 Å². The summed E-state index contributed by atoms with van der Waals surface area (Å²) in [5.41, 5.74) is 0.719. The van der Waals surface area contributed by atoms with Gasteiger partial charge in [0.05, 0.1) is 11.1 Å². The molecule has 2 aromatic carbocycles. The molecule has 3 rings (SSSR count). The number of aliphatic hydroxyl groups is 2. The van der Waals surface area contributed by atoms with Crippen molar-refractivity contribution in [1.82, 2.24) is 0 Å². The van der Waals surface area contributed by atoms with Crippen molar-refractivity contribution in [2.45, 2.75) is 24.4 Å². The lowest BCUT2D eigenvalue weighted by Gasteiger charge is -2.25. The summed E-state index contributed by atoms with van der Waals surface area (Å²) in [6.45, 7) is -0.813. The first-order valence-electron chi connectivity index (χ1n) is 9.10. The first kappa shape index (κ1) is 20.9. The van der Waals surface area contributed by atoms with Crippen LogP contribution in [0.1, 0.15) is 20.7 Å². The fraction of sp³-hybridized carbons (Fsp3) is 0.333. The molecule has 0 aliphatic carbocycles. The lowest BCUT2D eigenvalue weighted by molar-refractivity contribution is -0.125. The molecule has 1 saturated heterocycles. The first-order valence-corrected chi connectivity index (χ1v) is 9.10. The minimum Gasteiger partial charge on any atom is -0.459 e. The van der Waals surface area contributed by atoms with E-state index in [2.05, 4.69) is 0 Å². The first-order chi connectivity index (χ1) is 14.1. The van der Waals surface area contributed by atoms with E-state index < -0.39 is 36.4 Å². The van der Waals surface area contributed by atoms with Gasteiger partial charge in [-0.3, -0.25) is 0 Å². The average Bonchev–Trinajstić information content (AvgIpc) is 2.90. The Morgan fingerprint density at radius 3 is 1.52 bits per heavy atom. The fourth-order valence-corrected chi connectivity index (χ4v) is 2.78. The molecule has 0 spiro atoms. The smallest absolute Gasteiger partial charge is 0.338 e. The number of hydrogen-bond acceptors (Lipinski definition) is 8. The predicted molar refractivity (Wildman–Crippen MR) is 100 cm³/mol. The van der Waals surface area contributed by atoms with Gasteiger partial charge in [0, 0.05) is 0 Å². The van der Waals surface area contributed by atoms with E-state index >= 15 is 0 Å². The molecule has 154 valence electrons. The molecule has 8 heteroatoms. The molecule has 4 atom stereocenters.